The summed E-state index contributed by atoms with van der Waals surface area (Å²) in [6, 6.07) is 0.893. The van der Waals surface area contributed by atoms with E-state index in [-0.39, 0.29) is 16.8 Å². The van der Waals surface area contributed by atoms with Crippen molar-refractivity contribution in [3.05, 3.63) is 22.8 Å². The molecule has 0 aromatic carbocycles. The number of aromatic nitrogens is 1. The molecule has 1 aromatic heterocycles. The van der Waals surface area contributed by atoms with Crippen molar-refractivity contribution in [2.24, 2.45) is 5.92 Å². The lowest BCUT2D eigenvalue weighted by atomic mass is 9.96. The lowest BCUT2D eigenvalue weighted by Crippen LogP contribution is -2.41. The van der Waals surface area contributed by atoms with Gasteiger partial charge in [0.25, 0.3) is 0 Å². The van der Waals surface area contributed by atoms with Gasteiger partial charge < -0.3 is 15.5 Å². The first-order valence-corrected chi connectivity index (χ1v) is 8.60. The first-order chi connectivity index (χ1) is 11.8. The summed E-state index contributed by atoms with van der Waals surface area (Å²) in [6.07, 6.45) is -1.56. The Morgan fingerprint density at radius 3 is 2.60 bits per heavy atom. The van der Waals surface area contributed by atoms with E-state index >= 15 is 0 Å². The van der Waals surface area contributed by atoms with Crippen molar-refractivity contribution >= 4 is 23.3 Å². The van der Waals surface area contributed by atoms with Crippen LogP contribution in [0, 0.1) is 5.92 Å². The second-order valence-corrected chi connectivity index (χ2v) is 6.44. The van der Waals surface area contributed by atoms with E-state index in [9.17, 15) is 18.0 Å². The molecule has 0 saturated carbocycles. The normalized spacial score (nSPS) is 16.1. The highest BCUT2D eigenvalue weighted by Crippen LogP contribution is 2.34. The number of rotatable bonds is 6. The summed E-state index contributed by atoms with van der Waals surface area (Å²) < 4.78 is 38.0. The third kappa shape index (κ3) is 5.47. The number of carbonyl (C=O) groups is 1. The molecule has 5 nitrogen and oxygen atoms in total. The van der Waals surface area contributed by atoms with E-state index < -0.39 is 11.7 Å². The van der Waals surface area contributed by atoms with Crippen LogP contribution < -0.4 is 15.5 Å². The fraction of sp³-hybridized carbons (Fsp3) is 0.625. The summed E-state index contributed by atoms with van der Waals surface area (Å²) in [4.78, 5) is 17.8. The molecule has 0 spiro atoms. The Hall–Kier alpha value is -1.54. The number of piperidine rings is 1. The molecular weight excluding hydrogens is 357 g/mol. The first kappa shape index (κ1) is 19.8. The number of hydrogen-bond acceptors (Lipinski definition) is 4. The third-order valence-corrected chi connectivity index (χ3v) is 4.50. The number of anilines is 1. The zero-order valence-electron chi connectivity index (χ0n) is 14.0. The van der Waals surface area contributed by atoms with Gasteiger partial charge in [-0.1, -0.05) is 11.6 Å². The molecule has 1 aromatic rings. The van der Waals surface area contributed by atoms with Gasteiger partial charge in [0.15, 0.2) is 0 Å². The third-order valence-electron chi connectivity index (χ3n) is 4.22. The highest BCUT2D eigenvalue weighted by atomic mass is 35.5. The molecule has 9 heteroatoms. The fourth-order valence-electron chi connectivity index (χ4n) is 2.79. The molecule has 140 valence electrons. The lowest BCUT2D eigenvalue weighted by Gasteiger charge is -2.32. The largest absolute Gasteiger partial charge is 0.417 e. The monoisotopic (exact) mass is 378 g/mol. The van der Waals surface area contributed by atoms with Crippen LogP contribution in [0.3, 0.4) is 0 Å². The second-order valence-electron chi connectivity index (χ2n) is 6.04. The van der Waals surface area contributed by atoms with Crippen LogP contribution in [-0.4, -0.2) is 44.1 Å². The number of amides is 1. The van der Waals surface area contributed by atoms with E-state index in [0.717, 1.165) is 25.2 Å². The minimum atomic E-state index is -4.46. The average molecular weight is 379 g/mol. The molecular formula is C16H22ClF3N4O. The van der Waals surface area contributed by atoms with Crippen molar-refractivity contribution in [3.63, 3.8) is 0 Å². The molecule has 0 atom stereocenters. The van der Waals surface area contributed by atoms with Crippen molar-refractivity contribution in [1.29, 1.82) is 0 Å². The summed E-state index contributed by atoms with van der Waals surface area (Å²) >= 11 is 5.98. The van der Waals surface area contributed by atoms with Crippen LogP contribution in [0.5, 0.6) is 0 Å². The van der Waals surface area contributed by atoms with Crippen molar-refractivity contribution in [2.45, 2.75) is 25.4 Å². The van der Waals surface area contributed by atoms with Crippen LogP contribution in [0.4, 0.5) is 19.0 Å². The van der Waals surface area contributed by atoms with Gasteiger partial charge in [-0.2, -0.15) is 13.2 Å². The van der Waals surface area contributed by atoms with Crippen molar-refractivity contribution in [1.82, 2.24) is 15.6 Å². The van der Waals surface area contributed by atoms with Gasteiger partial charge in [-0.15, -0.1) is 0 Å². The number of carbonyl (C=O) groups excluding carboxylic acids is 1. The van der Waals surface area contributed by atoms with Crippen LogP contribution in [0.1, 0.15) is 24.8 Å². The molecule has 2 heterocycles. The molecule has 0 aliphatic carbocycles. The lowest BCUT2D eigenvalue weighted by molar-refractivity contribution is -0.137. The Balaban J connectivity index is 1.88. The topological polar surface area (TPSA) is 57.3 Å². The molecule has 0 radical (unpaired) electrons. The van der Waals surface area contributed by atoms with Gasteiger partial charge in [-0.05, 0) is 38.9 Å². The Labute approximate surface area is 149 Å². The molecule has 0 bridgehead atoms. The van der Waals surface area contributed by atoms with Crippen molar-refractivity contribution < 1.29 is 18.0 Å². The molecule has 1 aliphatic heterocycles. The summed E-state index contributed by atoms with van der Waals surface area (Å²) in [5, 5.41) is 5.91. The van der Waals surface area contributed by atoms with Gasteiger partial charge >= 0.3 is 6.18 Å². The van der Waals surface area contributed by atoms with Gasteiger partial charge in [0.1, 0.15) is 5.82 Å². The summed E-state index contributed by atoms with van der Waals surface area (Å²) in [5.41, 5.74) is -0.864. The Kier molecular flexibility index (Phi) is 6.89. The number of nitrogens with zero attached hydrogens (tertiary/aromatic N) is 2. The minimum absolute atomic E-state index is 0.0233. The molecule has 1 aliphatic rings. The number of pyridine rings is 1. The van der Waals surface area contributed by atoms with E-state index in [1.165, 1.54) is 0 Å². The van der Waals surface area contributed by atoms with Gasteiger partial charge in [0, 0.05) is 31.7 Å². The maximum atomic E-state index is 12.7. The first-order valence-electron chi connectivity index (χ1n) is 8.23. The van der Waals surface area contributed by atoms with Gasteiger partial charge in [-0.3, -0.25) is 4.79 Å². The Bertz CT molecular complexity index is 589. The molecule has 0 unspecified atom stereocenters. The van der Waals surface area contributed by atoms with E-state index in [1.807, 2.05) is 11.9 Å². The smallest absolute Gasteiger partial charge is 0.356 e. The van der Waals surface area contributed by atoms with Gasteiger partial charge in [-0.25, -0.2) is 4.98 Å². The molecule has 2 N–H and O–H groups in total. The summed E-state index contributed by atoms with van der Waals surface area (Å²) in [6.45, 7) is 2.54. The highest BCUT2D eigenvalue weighted by Gasteiger charge is 2.32. The standard InChI is InChI=1S/C16H22ClF3N4O/c1-21-5-2-6-22-15(25)11-3-7-24(8-4-11)14-13(17)9-12(10-23-14)16(18,19)20/h9-11,21H,2-8H2,1H3,(H,22,25). The van der Waals surface area contributed by atoms with Crippen molar-refractivity contribution in [2.75, 3.05) is 38.1 Å². The Morgan fingerprint density at radius 2 is 2.04 bits per heavy atom. The summed E-state index contributed by atoms with van der Waals surface area (Å²) in [5.74, 6) is 0.281. The maximum Gasteiger partial charge on any atom is 0.417 e. The predicted molar refractivity (Wildman–Crippen MR) is 90.7 cm³/mol. The van der Waals surface area contributed by atoms with Crippen LogP contribution in [0.15, 0.2) is 12.3 Å². The zero-order valence-corrected chi connectivity index (χ0v) is 14.8. The predicted octanol–water partition coefficient (Wildman–Crippen LogP) is 2.70. The van der Waals surface area contributed by atoms with Crippen LogP contribution >= 0.6 is 11.6 Å². The van der Waals surface area contributed by atoms with Crippen LogP contribution in [0.25, 0.3) is 0 Å². The van der Waals surface area contributed by atoms with Crippen LogP contribution in [0.2, 0.25) is 5.02 Å². The zero-order chi connectivity index (χ0) is 18.4. The van der Waals surface area contributed by atoms with Gasteiger partial charge in [0.05, 0.1) is 10.6 Å². The maximum absolute atomic E-state index is 12.7. The minimum Gasteiger partial charge on any atom is -0.356 e. The number of hydrogen-bond donors (Lipinski definition) is 2. The van der Waals surface area contributed by atoms with E-state index in [0.29, 0.717) is 38.3 Å². The Morgan fingerprint density at radius 1 is 1.36 bits per heavy atom. The van der Waals surface area contributed by atoms with E-state index in [4.69, 9.17) is 11.6 Å². The molecule has 25 heavy (non-hydrogen) atoms. The molecule has 1 amide bonds. The van der Waals surface area contributed by atoms with Crippen molar-refractivity contribution in [3.8, 4) is 0 Å². The number of nitrogens with one attached hydrogen (secondary N) is 2. The van der Waals surface area contributed by atoms with E-state index in [2.05, 4.69) is 15.6 Å². The van der Waals surface area contributed by atoms with Gasteiger partial charge in [0.2, 0.25) is 5.91 Å². The second kappa shape index (κ2) is 8.71. The molecule has 2 rings (SSSR count). The fourth-order valence-corrected chi connectivity index (χ4v) is 3.08. The quantitative estimate of drug-likeness (QED) is 0.747. The molecule has 1 saturated heterocycles. The SMILES string of the molecule is CNCCCNC(=O)C1CCN(c2ncc(C(F)(F)F)cc2Cl)CC1. The average Bonchev–Trinajstić information content (AvgIpc) is 2.58. The highest BCUT2D eigenvalue weighted by molar-refractivity contribution is 6.33. The summed E-state index contributed by atoms with van der Waals surface area (Å²) in [7, 11) is 1.86. The molecule has 1 fully saturated rings. The number of alkyl halides is 3. The number of halogens is 4. The van der Waals surface area contributed by atoms with E-state index in [1.54, 1.807) is 0 Å². The van der Waals surface area contributed by atoms with Crippen LogP contribution in [-0.2, 0) is 11.0 Å².